The lowest BCUT2D eigenvalue weighted by Gasteiger charge is -2.32. The van der Waals surface area contributed by atoms with Crippen LogP contribution in [0.25, 0.3) is 0 Å². The van der Waals surface area contributed by atoms with E-state index in [9.17, 15) is 18.0 Å². The fraction of sp³-hybridized carbons (Fsp3) is 0.462. The predicted molar refractivity (Wildman–Crippen MR) is 143 cm³/mol. The number of nitrogens with zero attached hydrogens (tertiary/aromatic N) is 2. The number of aryl methyl sites for hydroxylation is 1. The summed E-state index contributed by atoms with van der Waals surface area (Å²) >= 11 is 3.45. The van der Waals surface area contributed by atoms with Gasteiger partial charge in [-0.2, -0.15) is 0 Å². The van der Waals surface area contributed by atoms with Crippen LogP contribution in [-0.2, 0) is 26.2 Å². The number of benzene rings is 2. The predicted octanol–water partition coefficient (Wildman–Crippen LogP) is 4.31. The molecule has 2 aromatic carbocycles. The molecule has 1 fully saturated rings. The summed E-state index contributed by atoms with van der Waals surface area (Å²) in [5.41, 5.74) is 3.02. The minimum absolute atomic E-state index is 0.121. The van der Waals surface area contributed by atoms with E-state index in [-0.39, 0.29) is 18.5 Å². The van der Waals surface area contributed by atoms with Gasteiger partial charge in [0.25, 0.3) is 0 Å². The van der Waals surface area contributed by atoms with Crippen molar-refractivity contribution in [3.63, 3.8) is 0 Å². The maximum atomic E-state index is 13.7. The van der Waals surface area contributed by atoms with Crippen molar-refractivity contribution >= 4 is 43.5 Å². The molecule has 7 nitrogen and oxygen atoms in total. The highest BCUT2D eigenvalue weighted by Gasteiger charge is 2.31. The summed E-state index contributed by atoms with van der Waals surface area (Å²) in [5.74, 6) is -0.664. The molecule has 1 saturated carbocycles. The molecule has 9 heteroatoms. The molecule has 1 atom stereocenters. The van der Waals surface area contributed by atoms with E-state index < -0.39 is 28.5 Å². The second kappa shape index (κ2) is 11.6. The normalized spacial score (nSPS) is 15.0. The van der Waals surface area contributed by atoms with Gasteiger partial charge in [0, 0.05) is 17.1 Å². The molecular weight excluding hydrogens is 530 g/mol. The summed E-state index contributed by atoms with van der Waals surface area (Å²) < 4.78 is 27.5. The van der Waals surface area contributed by atoms with Crippen LogP contribution in [0.2, 0.25) is 0 Å². The number of carbonyl (C=O) groups is 2. The first kappa shape index (κ1) is 27.2. The summed E-state index contributed by atoms with van der Waals surface area (Å²) in [4.78, 5) is 28.2. The van der Waals surface area contributed by atoms with Crippen molar-refractivity contribution < 1.29 is 18.0 Å². The van der Waals surface area contributed by atoms with Crippen LogP contribution < -0.4 is 9.62 Å². The highest BCUT2D eigenvalue weighted by molar-refractivity contribution is 9.10. The van der Waals surface area contributed by atoms with E-state index in [1.807, 2.05) is 44.2 Å². The van der Waals surface area contributed by atoms with Crippen molar-refractivity contribution in [3.8, 4) is 0 Å². The number of sulfonamides is 1. The standard InChI is InChI=1S/C26H34BrN3O4S/c1-18-9-7-14-24(19(18)2)30(35(4,33)34)17-25(31)29(16-21-10-8-11-22(27)15-21)20(3)26(32)28-23-12-5-6-13-23/h7-11,14-15,20,23H,5-6,12-13,16-17H2,1-4H3,(H,28,32). The van der Waals surface area contributed by atoms with Crippen LogP contribution in [0.1, 0.15) is 49.3 Å². The number of halogens is 1. The Bertz CT molecular complexity index is 1180. The zero-order valence-corrected chi connectivity index (χ0v) is 23.2. The van der Waals surface area contributed by atoms with Crippen molar-refractivity contribution in [2.24, 2.45) is 0 Å². The Morgan fingerprint density at radius 1 is 1.11 bits per heavy atom. The number of hydrogen-bond acceptors (Lipinski definition) is 4. The maximum absolute atomic E-state index is 13.7. The van der Waals surface area contributed by atoms with Crippen molar-refractivity contribution in [2.45, 2.75) is 65.1 Å². The number of nitrogens with one attached hydrogen (secondary N) is 1. The van der Waals surface area contributed by atoms with Crippen LogP contribution in [0, 0.1) is 13.8 Å². The molecule has 0 radical (unpaired) electrons. The molecular formula is C26H34BrN3O4S. The van der Waals surface area contributed by atoms with Gasteiger partial charge in [-0.1, -0.05) is 53.0 Å². The smallest absolute Gasteiger partial charge is 0.244 e. The lowest BCUT2D eigenvalue weighted by Crippen LogP contribution is -2.52. The highest BCUT2D eigenvalue weighted by Crippen LogP contribution is 2.26. The molecule has 0 aliphatic heterocycles. The zero-order valence-electron chi connectivity index (χ0n) is 20.8. The van der Waals surface area contributed by atoms with Gasteiger partial charge in [0.1, 0.15) is 12.6 Å². The number of anilines is 1. The third-order valence-corrected chi connectivity index (χ3v) is 8.25. The van der Waals surface area contributed by atoms with E-state index in [1.54, 1.807) is 19.1 Å². The van der Waals surface area contributed by atoms with Gasteiger partial charge in [-0.3, -0.25) is 13.9 Å². The third-order valence-electron chi connectivity index (χ3n) is 6.63. The summed E-state index contributed by atoms with van der Waals surface area (Å²) in [6.07, 6.45) is 5.13. The molecule has 0 bridgehead atoms. The quantitative estimate of drug-likeness (QED) is 0.492. The summed E-state index contributed by atoms with van der Waals surface area (Å²) in [6.45, 7) is 5.23. The fourth-order valence-electron chi connectivity index (χ4n) is 4.41. The average Bonchev–Trinajstić information content (AvgIpc) is 3.29. The van der Waals surface area contributed by atoms with Crippen LogP contribution in [0.15, 0.2) is 46.9 Å². The van der Waals surface area contributed by atoms with Gasteiger partial charge < -0.3 is 10.2 Å². The maximum Gasteiger partial charge on any atom is 0.244 e. The van der Waals surface area contributed by atoms with Gasteiger partial charge in [0.15, 0.2) is 0 Å². The van der Waals surface area contributed by atoms with E-state index in [0.29, 0.717) is 5.69 Å². The fourth-order valence-corrected chi connectivity index (χ4v) is 5.75. The zero-order chi connectivity index (χ0) is 25.8. The lowest BCUT2D eigenvalue weighted by molar-refractivity contribution is -0.139. The Kier molecular flexibility index (Phi) is 8.99. The minimum Gasteiger partial charge on any atom is -0.352 e. The monoisotopic (exact) mass is 563 g/mol. The Hall–Kier alpha value is -2.39. The molecule has 190 valence electrons. The minimum atomic E-state index is -3.75. The Labute approximate surface area is 217 Å². The Balaban J connectivity index is 1.91. The van der Waals surface area contributed by atoms with Gasteiger partial charge in [0.05, 0.1) is 11.9 Å². The molecule has 2 aromatic rings. The number of amides is 2. The van der Waals surface area contributed by atoms with Crippen LogP contribution in [0.5, 0.6) is 0 Å². The third kappa shape index (κ3) is 7.07. The molecule has 1 aliphatic carbocycles. The number of hydrogen-bond donors (Lipinski definition) is 1. The molecule has 1 N–H and O–H groups in total. The molecule has 1 unspecified atom stereocenters. The van der Waals surface area contributed by atoms with Gasteiger partial charge in [-0.15, -0.1) is 0 Å². The molecule has 0 saturated heterocycles. The number of rotatable bonds is 9. The van der Waals surface area contributed by atoms with Crippen molar-refractivity contribution in [2.75, 3.05) is 17.1 Å². The van der Waals surface area contributed by atoms with E-state index >= 15 is 0 Å². The van der Waals surface area contributed by atoms with Gasteiger partial charge in [-0.25, -0.2) is 8.42 Å². The first-order valence-electron chi connectivity index (χ1n) is 11.9. The molecule has 1 aliphatic rings. The molecule has 0 spiro atoms. The van der Waals surface area contributed by atoms with Gasteiger partial charge in [-0.05, 0) is 68.5 Å². The number of carbonyl (C=O) groups excluding carboxylic acids is 2. The van der Waals surface area contributed by atoms with Gasteiger partial charge >= 0.3 is 0 Å². The largest absolute Gasteiger partial charge is 0.352 e. The van der Waals surface area contributed by atoms with Crippen LogP contribution in [-0.4, -0.2) is 50.0 Å². The van der Waals surface area contributed by atoms with Crippen molar-refractivity contribution in [1.82, 2.24) is 10.2 Å². The lowest BCUT2D eigenvalue weighted by atomic mass is 10.1. The molecule has 3 rings (SSSR count). The second-order valence-electron chi connectivity index (χ2n) is 9.31. The van der Waals surface area contributed by atoms with Crippen LogP contribution in [0.3, 0.4) is 0 Å². The van der Waals surface area contributed by atoms with Crippen LogP contribution in [0.4, 0.5) is 5.69 Å². The highest BCUT2D eigenvalue weighted by atomic mass is 79.9. The molecule has 35 heavy (non-hydrogen) atoms. The van der Waals surface area contributed by atoms with E-state index in [0.717, 1.165) is 57.4 Å². The van der Waals surface area contributed by atoms with E-state index in [4.69, 9.17) is 0 Å². The SMILES string of the molecule is Cc1cccc(N(CC(=O)N(Cc2cccc(Br)c2)C(C)C(=O)NC2CCCC2)S(C)(=O)=O)c1C. The first-order valence-corrected chi connectivity index (χ1v) is 14.5. The van der Waals surface area contributed by atoms with E-state index in [1.165, 1.54) is 4.90 Å². The van der Waals surface area contributed by atoms with Crippen molar-refractivity contribution in [1.29, 1.82) is 0 Å². The summed E-state index contributed by atoms with van der Waals surface area (Å²) in [7, 11) is -3.75. The molecule has 2 amide bonds. The van der Waals surface area contributed by atoms with E-state index in [2.05, 4.69) is 21.2 Å². The molecule has 0 heterocycles. The van der Waals surface area contributed by atoms with Gasteiger partial charge in [0.2, 0.25) is 21.8 Å². The van der Waals surface area contributed by atoms with Crippen molar-refractivity contribution in [3.05, 3.63) is 63.6 Å². The summed E-state index contributed by atoms with van der Waals surface area (Å²) in [6, 6.07) is 12.3. The topological polar surface area (TPSA) is 86.8 Å². The van der Waals surface area contributed by atoms with Crippen LogP contribution >= 0.6 is 15.9 Å². The second-order valence-corrected chi connectivity index (χ2v) is 12.1. The first-order chi connectivity index (χ1) is 16.5. The summed E-state index contributed by atoms with van der Waals surface area (Å²) in [5, 5.41) is 3.07. The average molecular weight is 565 g/mol. The molecule has 0 aromatic heterocycles. The Morgan fingerprint density at radius 3 is 2.40 bits per heavy atom. The Morgan fingerprint density at radius 2 is 1.77 bits per heavy atom.